The van der Waals surface area contributed by atoms with Crippen LogP contribution >= 0.6 is 0 Å². The minimum Gasteiger partial charge on any atom is -0.310 e. The zero-order chi connectivity index (χ0) is 33.7. The predicted molar refractivity (Wildman–Crippen MR) is 215 cm³/mol. The van der Waals surface area contributed by atoms with Gasteiger partial charge in [-0.15, -0.1) is 0 Å². The van der Waals surface area contributed by atoms with Crippen LogP contribution in [0.2, 0.25) is 0 Å². The van der Waals surface area contributed by atoms with Crippen LogP contribution in [0, 0.1) is 0 Å². The standard InChI is InChI=1S/C48H33N3/c1-4-18-34(19-5-1)48-46(50-42-28-14-10-24-38(42)39-25-11-15-29-43(39)50)32-37(49(35-20-6-2-7-21-35)36-22-8-3-9-23-36)33-47(48)51-44-30-16-12-26-40(44)41-27-13-17-31-45(41)51/h1-33H. The first kappa shape index (κ1) is 29.1. The van der Waals surface area contributed by atoms with E-state index < -0.39 is 0 Å². The molecule has 10 aromatic rings. The van der Waals surface area contributed by atoms with Crippen LogP contribution < -0.4 is 4.90 Å². The number of rotatable bonds is 6. The predicted octanol–water partition coefficient (Wildman–Crippen LogP) is 13.0. The smallest absolute Gasteiger partial charge is 0.0582 e. The highest BCUT2D eigenvalue weighted by Crippen LogP contribution is 2.46. The van der Waals surface area contributed by atoms with Gasteiger partial charge in [0.15, 0.2) is 0 Å². The van der Waals surface area contributed by atoms with Crippen molar-refractivity contribution in [1.29, 1.82) is 0 Å². The van der Waals surface area contributed by atoms with Gasteiger partial charge in [-0.1, -0.05) is 140 Å². The van der Waals surface area contributed by atoms with Crippen LogP contribution in [0.15, 0.2) is 200 Å². The van der Waals surface area contributed by atoms with Crippen LogP contribution in [0.25, 0.3) is 66.1 Å². The number of hydrogen-bond donors (Lipinski definition) is 0. The highest BCUT2D eigenvalue weighted by atomic mass is 15.1. The fraction of sp³-hybridized carbons (Fsp3) is 0. The lowest BCUT2D eigenvalue weighted by Gasteiger charge is -2.29. The summed E-state index contributed by atoms with van der Waals surface area (Å²) in [6.45, 7) is 0. The molecule has 0 bridgehead atoms. The second-order valence-electron chi connectivity index (χ2n) is 13.0. The van der Waals surface area contributed by atoms with Crippen molar-refractivity contribution in [3.05, 3.63) is 200 Å². The molecule has 8 aromatic carbocycles. The summed E-state index contributed by atoms with van der Waals surface area (Å²) in [4.78, 5) is 2.38. The lowest BCUT2D eigenvalue weighted by molar-refractivity contribution is 1.13. The fourth-order valence-electron chi connectivity index (χ4n) is 7.95. The maximum Gasteiger partial charge on any atom is 0.0582 e. The van der Waals surface area contributed by atoms with Gasteiger partial charge in [0.1, 0.15) is 0 Å². The molecule has 0 atom stereocenters. The van der Waals surface area contributed by atoms with E-state index in [4.69, 9.17) is 0 Å². The molecule has 51 heavy (non-hydrogen) atoms. The Kier molecular flexibility index (Phi) is 6.81. The van der Waals surface area contributed by atoms with Gasteiger partial charge in [-0.25, -0.2) is 0 Å². The maximum atomic E-state index is 2.47. The molecule has 0 unspecified atom stereocenters. The van der Waals surface area contributed by atoms with E-state index in [1.807, 2.05) is 0 Å². The van der Waals surface area contributed by atoms with Crippen molar-refractivity contribution >= 4 is 60.7 Å². The average molecular weight is 652 g/mol. The van der Waals surface area contributed by atoms with Crippen molar-refractivity contribution < 1.29 is 0 Å². The third-order valence-electron chi connectivity index (χ3n) is 10.1. The minimum absolute atomic E-state index is 1.07. The molecule has 0 aliphatic heterocycles. The van der Waals surface area contributed by atoms with E-state index in [0.717, 1.165) is 34.0 Å². The molecule has 0 aliphatic rings. The van der Waals surface area contributed by atoms with Crippen LogP contribution in [0.3, 0.4) is 0 Å². The van der Waals surface area contributed by atoms with Gasteiger partial charge in [0.05, 0.1) is 39.1 Å². The zero-order valence-electron chi connectivity index (χ0n) is 27.9. The first-order chi connectivity index (χ1) is 25.3. The fourth-order valence-corrected chi connectivity index (χ4v) is 7.95. The lowest BCUT2D eigenvalue weighted by Crippen LogP contribution is -2.12. The molecule has 0 aliphatic carbocycles. The van der Waals surface area contributed by atoms with Gasteiger partial charge in [-0.2, -0.15) is 0 Å². The molecule has 0 amide bonds. The molecule has 240 valence electrons. The normalized spacial score (nSPS) is 11.5. The molecule has 0 N–H and O–H groups in total. The summed E-state index contributed by atoms with van der Waals surface area (Å²) in [5.74, 6) is 0. The van der Waals surface area contributed by atoms with Gasteiger partial charge in [-0.05, 0) is 66.2 Å². The molecular formula is C48H33N3. The van der Waals surface area contributed by atoms with Gasteiger partial charge in [0, 0.05) is 38.5 Å². The quantitative estimate of drug-likeness (QED) is 0.174. The van der Waals surface area contributed by atoms with Gasteiger partial charge in [-0.3, -0.25) is 0 Å². The third-order valence-corrected chi connectivity index (χ3v) is 10.1. The number of fused-ring (bicyclic) bond motifs is 6. The first-order valence-corrected chi connectivity index (χ1v) is 17.5. The molecule has 2 aromatic heterocycles. The van der Waals surface area contributed by atoms with Crippen LogP contribution in [0.5, 0.6) is 0 Å². The number of nitrogens with zero attached hydrogens (tertiary/aromatic N) is 3. The third kappa shape index (κ3) is 4.67. The molecule has 0 saturated carbocycles. The van der Waals surface area contributed by atoms with Crippen LogP contribution in [-0.2, 0) is 0 Å². The van der Waals surface area contributed by atoms with Crippen molar-refractivity contribution in [2.24, 2.45) is 0 Å². The van der Waals surface area contributed by atoms with E-state index in [9.17, 15) is 0 Å². The van der Waals surface area contributed by atoms with Crippen molar-refractivity contribution in [3.63, 3.8) is 0 Å². The first-order valence-electron chi connectivity index (χ1n) is 17.5. The van der Waals surface area contributed by atoms with Crippen molar-refractivity contribution in [3.8, 4) is 22.5 Å². The largest absolute Gasteiger partial charge is 0.310 e. The van der Waals surface area contributed by atoms with E-state index in [-0.39, 0.29) is 0 Å². The molecule has 3 nitrogen and oxygen atoms in total. The lowest BCUT2D eigenvalue weighted by atomic mass is 9.98. The van der Waals surface area contributed by atoms with Crippen molar-refractivity contribution in [1.82, 2.24) is 9.13 Å². The summed E-state index contributed by atoms with van der Waals surface area (Å²) in [6, 6.07) is 72.2. The Hall–Kier alpha value is -6.84. The molecule has 0 spiro atoms. The molecule has 2 heterocycles. The SMILES string of the molecule is c1ccc(-c2c(-n3c4ccccc4c4ccccc43)cc(N(c3ccccc3)c3ccccc3)cc2-n2c3ccccc3c3ccccc32)cc1. The number of aromatic nitrogens is 2. The Morgan fingerprint density at radius 2 is 0.608 bits per heavy atom. The Labute approximate surface area is 296 Å². The van der Waals surface area contributed by atoms with Crippen molar-refractivity contribution in [2.45, 2.75) is 0 Å². The molecule has 0 fully saturated rings. The van der Waals surface area contributed by atoms with E-state index >= 15 is 0 Å². The highest BCUT2D eigenvalue weighted by molar-refractivity contribution is 6.12. The van der Waals surface area contributed by atoms with E-state index in [2.05, 4.69) is 214 Å². The summed E-state index contributed by atoms with van der Waals surface area (Å²) in [6.07, 6.45) is 0. The Morgan fingerprint density at radius 1 is 0.294 bits per heavy atom. The van der Waals surface area contributed by atoms with Crippen LogP contribution in [-0.4, -0.2) is 9.13 Å². The second kappa shape index (κ2) is 11.9. The van der Waals surface area contributed by atoms with E-state index in [1.54, 1.807) is 0 Å². The number of anilines is 3. The average Bonchev–Trinajstić information content (AvgIpc) is 3.72. The highest BCUT2D eigenvalue weighted by Gasteiger charge is 2.25. The van der Waals surface area contributed by atoms with Gasteiger partial charge < -0.3 is 14.0 Å². The van der Waals surface area contributed by atoms with Gasteiger partial charge in [0.25, 0.3) is 0 Å². The number of hydrogen-bond acceptors (Lipinski definition) is 1. The number of benzene rings is 8. The Bertz CT molecular complexity index is 2570. The zero-order valence-corrected chi connectivity index (χ0v) is 27.9. The molecular weight excluding hydrogens is 619 g/mol. The summed E-state index contributed by atoms with van der Waals surface area (Å²) in [7, 11) is 0. The van der Waals surface area contributed by atoms with E-state index in [0.29, 0.717) is 0 Å². The molecule has 0 saturated heterocycles. The Balaban J connectivity index is 1.43. The minimum atomic E-state index is 1.07. The molecule has 3 heteroatoms. The second-order valence-corrected chi connectivity index (χ2v) is 13.0. The van der Waals surface area contributed by atoms with Crippen molar-refractivity contribution in [2.75, 3.05) is 4.90 Å². The topological polar surface area (TPSA) is 13.1 Å². The van der Waals surface area contributed by atoms with E-state index in [1.165, 1.54) is 49.2 Å². The summed E-state index contributed by atoms with van der Waals surface area (Å²) in [5.41, 5.74) is 12.5. The molecule has 10 rings (SSSR count). The van der Waals surface area contributed by atoms with Gasteiger partial charge in [0.2, 0.25) is 0 Å². The summed E-state index contributed by atoms with van der Waals surface area (Å²) < 4.78 is 4.95. The number of para-hydroxylation sites is 6. The monoisotopic (exact) mass is 651 g/mol. The van der Waals surface area contributed by atoms with Gasteiger partial charge >= 0.3 is 0 Å². The van der Waals surface area contributed by atoms with Crippen LogP contribution in [0.1, 0.15) is 0 Å². The van der Waals surface area contributed by atoms with Crippen LogP contribution in [0.4, 0.5) is 17.1 Å². The summed E-state index contributed by atoms with van der Waals surface area (Å²) in [5, 5.41) is 4.94. The Morgan fingerprint density at radius 3 is 0.980 bits per heavy atom. The maximum absolute atomic E-state index is 2.47. The molecule has 0 radical (unpaired) electrons. The summed E-state index contributed by atoms with van der Waals surface area (Å²) >= 11 is 0.